The predicted octanol–water partition coefficient (Wildman–Crippen LogP) is 5.79. The van der Waals surface area contributed by atoms with Gasteiger partial charge in [0.25, 0.3) is 0 Å². The molecule has 2 unspecified atom stereocenters. The Morgan fingerprint density at radius 2 is 1.73 bits per heavy atom. The molecule has 1 aliphatic heterocycles. The highest BCUT2D eigenvalue weighted by Gasteiger charge is 2.35. The summed E-state index contributed by atoms with van der Waals surface area (Å²) < 4.78 is 17.4. The van der Waals surface area contributed by atoms with Crippen LogP contribution in [0.15, 0.2) is 82.4 Å². The van der Waals surface area contributed by atoms with E-state index in [-0.39, 0.29) is 17.7 Å². The summed E-state index contributed by atoms with van der Waals surface area (Å²) >= 11 is 4.71. The summed E-state index contributed by atoms with van der Waals surface area (Å²) in [6, 6.07) is 22.7. The molecule has 9 nitrogen and oxygen atoms in total. The van der Waals surface area contributed by atoms with E-state index in [2.05, 4.69) is 21.2 Å². The van der Waals surface area contributed by atoms with Crippen molar-refractivity contribution in [1.82, 2.24) is 9.99 Å². The van der Waals surface area contributed by atoms with Gasteiger partial charge in [0.2, 0.25) is 11.8 Å². The van der Waals surface area contributed by atoms with Gasteiger partial charge in [0, 0.05) is 27.5 Å². The van der Waals surface area contributed by atoms with Crippen LogP contribution in [0, 0.1) is 0 Å². The van der Waals surface area contributed by atoms with Crippen LogP contribution in [0.4, 0.5) is 5.69 Å². The maximum Gasteiger partial charge on any atom is 0.234 e. The summed E-state index contributed by atoms with van der Waals surface area (Å²) in [5.74, 6) is 1.99. The number of hydrogen-bond acceptors (Lipinski definition) is 9. The molecule has 212 valence electrons. The lowest BCUT2D eigenvalue weighted by atomic mass is 9.98. The molecule has 2 heterocycles. The van der Waals surface area contributed by atoms with E-state index in [1.807, 2.05) is 77.8 Å². The van der Waals surface area contributed by atoms with Gasteiger partial charge in [-0.05, 0) is 78.4 Å². The van der Waals surface area contributed by atoms with Gasteiger partial charge in [0.05, 0.1) is 44.4 Å². The molecule has 0 spiro atoms. The fourth-order valence-electron chi connectivity index (χ4n) is 4.62. The maximum absolute atomic E-state index is 12.7. The number of halogens is 1. The minimum atomic E-state index is -0.614. The molecule has 2 atom stereocenters. The SMILES string of the molecule is COc1ccc(C2=NN(C(N)SCC(=O)Nc3ccc(Br)cc3)C(c3cc4cc(OC)ccc4nc3OC)C2)cc1. The van der Waals surface area contributed by atoms with E-state index in [0.29, 0.717) is 18.0 Å². The number of nitrogens with one attached hydrogen (secondary N) is 1. The second-order valence-corrected chi connectivity index (χ2v) is 11.3. The first kappa shape index (κ1) is 28.7. The largest absolute Gasteiger partial charge is 0.497 e. The number of ether oxygens (including phenoxy) is 3. The molecule has 4 aromatic rings. The molecule has 0 fully saturated rings. The van der Waals surface area contributed by atoms with Crippen molar-refractivity contribution < 1.29 is 19.0 Å². The average Bonchev–Trinajstić information content (AvgIpc) is 3.45. The van der Waals surface area contributed by atoms with Crippen molar-refractivity contribution in [2.45, 2.75) is 18.0 Å². The third-order valence-electron chi connectivity index (χ3n) is 6.71. The summed E-state index contributed by atoms with van der Waals surface area (Å²) in [5.41, 5.74) is 10.3. The van der Waals surface area contributed by atoms with Crippen molar-refractivity contribution in [3.63, 3.8) is 0 Å². The Morgan fingerprint density at radius 3 is 2.41 bits per heavy atom. The van der Waals surface area contributed by atoms with E-state index in [1.54, 1.807) is 21.3 Å². The molecule has 1 aliphatic rings. The number of carbonyl (C=O) groups is 1. The zero-order chi connectivity index (χ0) is 28.9. The number of benzene rings is 3. The van der Waals surface area contributed by atoms with E-state index in [0.717, 1.165) is 43.7 Å². The number of carbonyl (C=O) groups excluding carboxylic acids is 1. The maximum atomic E-state index is 12.7. The number of nitrogens with two attached hydrogens (primary N) is 1. The number of aromatic nitrogens is 1. The Balaban J connectivity index is 1.43. The van der Waals surface area contributed by atoms with Gasteiger partial charge in [-0.2, -0.15) is 5.10 Å². The minimum Gasteiger partial charge on any atom is -0.497 e. The monoisotopic (exact) mass is 635 g/mol. The number of hydrazone groups is 1. The molecular formula is C30H30BrN5O4S. The average molecular weight is 637 g/mol. The smallest absolute Gasteiger partial charge is 0.234 e. The third-order valence-corrected chi connectivity index (χ3v) is 8.22. The standard InChI is InChI=1S/C30H30BrN5O4S/c1-38-22-10-4-18(5-11-22)26-16-27(24-15-19-14-23(39-2)12-13-25(19)34-29(24)40-3)36(35-26)30(32)41-17-28(37)33-21-8-6-20(31)7-9-21/h4-15,27,30H,16-17,32H2,1-3H3,(H,33,37). The van der Waals surface area contributed by atoms with Gasteiger partial charge >= 0.3 is 0 Å². The van der Waals surface area contributed by atoms with Crippen LogP contribution in [0.3, 0.4) is 0 Å². The first-order valence-electron chi connectivity index (χ1n) is 12.8. The first-order chi connectivity index (χ1) is 19.9. The Hall–Kier alpha value is -3.80. The van der Waals surface area contributed by atoms with Crippen LogP contribution in [-0.2, 0) is 4.79 Å². The highest BCUT2D eigenvalue weighted by atomic mass is 79.9. The quantitative estimate of drug-likeness (QED) is 0.211. The lowest BCUT2D eigenvalue weighted by Crippen LogP contribution is -2.37. The molecule has 41 heavy (non-hydrogen) atoms. The van der Waals surface area contributed by atoms with E-state index < -0.39 is 5.50 Å². The number of pyridine rings is 1. The normalized spacial score (nSPS) is 15.4. The highest BCUT2D eigenvalue weighted by Crippen LogP contribution is 2.40. The van der Waals surface area contributed by atoms with Gasteiger partial charge in [-0.25, -0.2) is 4.98 Å². The van der Waals surface area contributed by atoms with E-state index in [1.165, 1.54) is 11.8 Å². The number of amides is 1. The third kappa shape index (κ3) is 6.58. The second kappa shape index (κ2) is 12.8. The first-order valence-corrected chi connectivity index (χ1v) is 14.7. The van der Waals surface area contributed by atoms with Crippen molar-refractivity contribution in [1.29, 1.82) is 0 Å². The topological polar surface area (TPSA) is 111 Å². The van der Waals surface area contributed by atoms with Gasteiger partial charge in [-0.3, -0.25) is 9.80 Å². The Kier molecular flexibility index (Phi) is 8.96. The minimum absolute atomic E-state index is 0.151. The van der Waals surface area contributed by atoms with Crippen molar-refractivity contribution in [3.8, 4) is 17.4 Å². The van der Waals surface area contributed by atoms with Crippen LogP contribution in [-0.4, -0.2) is 54.2 Å². The van der Waals surface area contributed by atoms with E-state index in [9.17, 15) is 4.79 Å². The molecule has 0 aliphatic carbocycles. The Labute approximate surface area is 251 Å². The van der Waals surface area contributed by atoms with Gasteiger partial charge < -0.3 is 25.3 Å². The molecular weight excluding hydrogens is 606 g/mol. The number of methoxy groups -OCH3 is 3. The molecule has 3 aromatic carbocycles. The fraction of sp³-hybridized carbons (Fsp3) is 0.233. The molecule has 0 saturated carbocycles. The van der Waals surface area contributed by atoms with E-state index in [4.69, 9.17) is 30.0 Å². The van der Waals surface area contributed by atoms with Gasteiger partial charge in [-0.1, -0.05) is 15.9 Å². The summed E-state index contributed by atoms with van der Waals surface area (Å²) in [4.78, 5) is 17.5. The van der Waals surface area contributed by atoms with Crippen LogP contribution in [0.1, 0.15) is 23.6 Å². The zero-order valence-electron chi connectivity index (χ0n) is 22.8. The van der Waals surface area contributed by atoms with Crippen LogP contribution in [0.2, 0.25) is 0 Å². The Bertz CT molecular complexity index is 1570. The number of thioether (sulfide) groups is 1. The molecule has 11 heteroatoms. The van der Waals surface area contributed by atoms with Crippen molar-refractivity contribution >= 4 is 55.9 Å². The lowest BCUT2D eigenvalue weighted by Gasteiger charge is -2.29. The van der Waals surface area contributed by atoms with Gasteiger partial charge in [0.1, 0.15) is 17.0 Å². The van der Waals surface area contributed by atoms with Crippen molar-refractivity contribution in [2.24, 2.45) is 10.8 Å². The number of nitrogens with zero attached hydrogens (tertiary/aromatic N) is 3. The predicted molar refractivity (Wildman–Crippen MR) is 167 cm³/mol. The summed E-state index contributed by atoms with van der Waals surface area (Å²) in [6.07, 6.45) is 0.569. The van der Waals surface area contributed by atoms with Crippen molar-refractivity contribution in [3.05, 3.63) is 88.4 Å². The van der Waals surface area contributed by atoms with Crippen molar-refractivity contribution in [2.75, 3.05) is 32.4 Å². The van der Waals surface area contributed by atoms with Crippen LogP contribution in [0.5, 0.6) is 17.4 Å². The Morgan fingerprint density at radius 1 is 1.02 bits per heavy atom. The molecule has 1 amide bonds. The molecule has 5 rings (SSSR count). The van der Waals surface area contributed by atoms with Crippen LogP contribution in [0.25, 0.3) is 10.9 Å². The molecule has 0 saturated heterocycles. The molecule has 0 bridgehead atoms. The molecule has 1 aromatic heterocycles. The molecule has 3 N–H and O–H groups in total. The van der Waals surface area contributed by atoms with E-state index >= 15 is 0 Å². The summed E-state index contributed by atoms with van der Waals surface area (Å²) in [7, 11) is 4.87. The van der Waals surface area contributed by atoms with Gasteiger partial charge in [-0.15, -0.1) is 11.8 Å². The number of hydrogen-bond donors (Lipinski definition) is 2. The van der Waals surface area contributed by atoms with Gasteiger partial charge in [0.15, 0.2) is 0 Å². The molecule has 0 radical (unpaired) electrons. The fourth-order valence-corrected chi connectivity index (χ4v) is 5.63. The highest BCUT2D eigenvalue weighted by molar-refractivity contribution is 9.10. The number of anilines is 1. The van der Waals surface area contributed by atoms with Crippen LogP contribution < -0.4 is 25.3 Å². The lowest BCUT2D eigenvalue weighted by molar-refractivity contribution is -0.113. The second-order valence-electron chi connectivity index (χ2n) is 9.28. The zero-order valence-corrected chi connectivity index (χ0v) is 25.2. The summed E-state index contributed by atoms with van der Waals surface area (Å²) in [5, 5.41) is 10.6. The number of fused-ring (bicyclic) bond motifs is 1. The number of rotatable bonds is 10. The van der Waals surface area contributed by atoms with Crippen LogP contribution >= 0.6 is 27.7 Å². The summed E-state index contributed by atoms with van der Waals surface area (Å²) in [6.45, 7) is 0.